The van der Waals surface area contributed by atoms with Crippen LogP contribution in [-0.2, 0) is 13.6 Å². The van der Waals surface area contributed by atoms with E-state index in [4.69, 9.17) is 0 Å². The van der Waals surface area contributed by atoms with Gasteiger partial charge in [0.25, 0.3) is 5.91 Å². The van der Waals surface area contributed by atoms with Crippen molar-refractivity contribution in [3.63, 3.8) is 0 Å². The molecule has 186 valence electrons. The largest absolute Gasteiger partial charge is 0.368 e. The van der Waals surface area contributed by atoms with E-state index >= 15 is 0 Å². The summed E-state index contributed by atoms with van der Waals surface area (Å²) in [7, 11) is 1.98. The zero-order valence-electron chi connectivity index (χ0n) is 21.0. The zero-order chi connectivity index (χ0) is 25.1. The maximum Gasteiger partial charge on any atom is 0.270 e. The zero-order valence-corrected chi connectivity index (χ0v) is 21.0. The third kappa shape index (κ3) is 4.77. The predicted octanol–water partition coefficient (Wildman–Crippen LogP) is 2.28. The van der Waals surface area contributed by atoms with Gasteiger partial charge in [0.15, 0.2) is 5.82 Å². The minimum Gasteiger partial charge on any atom is -0.368 e. The molecule has 5 rings (SSSR count). The molecule has 0 radical (unpaired) electrons. The van der Waals surface area contributed by atoms with Gasteiger partial charge in [-0.3, -0.25) is 9.69 Å². The van der Waals surface area contributed by atoms with Gasteiger partial charge in [-0.1, -0.05) is 12.1 Å². The van der Waals surface area contributed by atoms with Crippen LogP contribution in [0.3, 0.4) is 0 Å². The van der Waals surface area contributed by atoms with Gasteiger partial charge in [0.05, 0.1) is 11.3 Å². The second kappa shape index (κ2) is 10.4. The highest BCUT2D eigenvalue weighted by Crippen LogP contribution is 2.23. The monoisotopic (exact) mass is 484 g/mol. The lowest BCUT2D eigenvalue weighted by Crippen LogP contribution is -2.49. The van der Waals surface area contributed by atoms with E-state index in [0.29, 0.717) is 13.1 Å². The second-order valence-electron chi connectivity index (χ2n) is 9.45. The average Bonchev–Trinajstić information content (AvgIpc) is 3.22. The number of hydrogen-bond donors (Lipinski definition) is 0. The van der Waals surface area contributed by atoms with Crippen LogP contribution in [0.15, 0.2) is 48.7 Å². The van der Waals surface area contributed by atoms with Gasteiger partial charge in [-0.25, -0.2) is 0 Å². The van der Waals surface area contributed by atoms with Crippen LogP contribution in [0, 0.1) is 18.3 Å². The van der Waals surface area contributed by atoms with E-state index in [1.807, 2.05) is 52.9 Å². The molecule has 0 unspecified atom stereocenters. The normalized spacial score (nSPS) is 16.8. The molecule has 2 aliphatic rings. The summed E-state index contributed by atoms with van der Waals surface area (Å²) in [6.45, 7) is 9.35. The Morgan fingerprint density at radius 2 is 1.69 bits per heavy atom. The molecule has 3 aromatic rings. The summed E-state index contributed by atoms with van der Waals surface area (Å²) in [6.07, 6.45) is 1.67. The number of rotatable bonds is 5. The van der Waals surface area contributed by atoms with Crippen LogP contribution in [0.5, 0.6) is 0 Å². The molecule has 0 atom stereocenters. The Morgan fingerprint density at radius 1 is 0.972 bits per heavy atom. The molecule has 0 bridgehead atoms. The molecule has 2 aromatic heterocycles. The number of amides is 1. The highest BCUT2D eigenvalue weighted by atomic mass is 16.2. The second-order valence-corrected chi connectivity index (χ2v) is 9.45. The Labute approximate surface area is 212 Å². The summed E-state index contributed by atoms with van der Waals surface area (Å²) >= 11 is 0. The van der Waals surface area contributed by atoms with E-state index < -0.39 is 0 Å². The van der Waals surface area contributed by atoms with Crippen LogP contribution in [0.25, 0.3) is 0 Å². The number of anilines is 2. The SMILES string of the molecule is Cc1c(CN2CCN(c3ccccc3C#N)CC2)cc(C(=O)N2CCN(c3cccnn3)CC2)n1C. The summed E-state index contributed by atoms with van der Waals surface area (Å²) < 4.78 is 2.03. The van der Waals surface area contributed by atoms with Gasteiger partial charge in [-0.2, -0.15) is 10.4 Å². The van der Waals surface area contributed by atoms with Crippen molar-refractivity contribution < 1.29 is 4.79 Å². The first-order valence-corrected chi connectivity index (χ1v) is 12.5. The van der Waals surface area contributed by atoms with Gasteiger partial charge in [-0.05, 0) is 42.8 Å². The molecule has 1 aromatic carbocycles. The van der Waals surface area contributed by atoms with Crippen LogP contribution in [0.2, 0.25) is 0 Å². The van der Waals surface area contributed by atoms with E-state index in [1.165, 1.54) is 5.56 Å². The van der Waals surface area contributed by atoms with Crippen molar-refractivity contribution in [2.45, 2.75) is 13.5 Å². The van der Waals surface area contributed by atoms with Crippen molar-refractivity contribution in [2.75, 3.05) is 62.2 Å². The van der Waals surface area contributed by atoms with E-state index in [9.17, 15) is 10.1 Å². The van der Waals surface area contributed by atoms with Crippen molar-refractivity contribution in [1.82, 2.24) is 24.6 Å². The van der Waals surface area contributed by atoms with E-state index in [0.717, 1.165) is 74.3 Å². The lowest BCUT2D eigenvalue weighted by Gasteiger charge is -2.36. The first-order chi connectivity index (χ1) is 17.5. The molecule has 0 aliphatic carbocycles. The molecule has 0 N–H and O–H groups in total. The van der Waals surface area contributed by atoms with Crippen molar-refractivity contribution in [3.05, 3.63) is 71.2 Å². The molecule has 1 amide bonds. The number of carbonyl (C=O) groups is 1. The summed E-state index contributed by atoms with van der Waals surface area (Å²) in [5.41, 5.74) is 4.82. The number of hydrogen-bond acceptors (Lipinski definition) is 7. The van der Waals surface area contributed by atoms with Gasteiger partial charge in [-0.15, -0.1) is 5.10 Å². The maximum atomic E-state index is 13.4. The fourth-order valence-corrected chi connectivity index (χ4v) is 5.12. The average molecular weight is 485 g/mol. The maximum absolute atomic E-state index is 13.4. The molecule has 9 heteroatoms. The smallest absolute Gasteiger partial charge is 0.270 e. The van der Waals surface area contributed by atoms with Gasteiger partial charge in [0.2, 0.25) is 0 Å². The highest BCUT2D eigenvalue weighted by Gasteiger charge is 2.27. The molecular formula is C27H32N8O. The van der Waals surface area contributed by atoms with Gasteiger partial charge < -0.3 is 19.3 Å². The Kier molecular flexibility index (Phi) is 6.87. The molecule has 4 heterocycles. The lowest BCUT2D eigenvalue weighted by atomic mass is 10.1. The number of aromatic nitrogens is 3. The van der Waals surface area contributed by atoms with Crippen LogP contribution in [0.1, 0.15) is 27.3 Å². The van der Waals surface area contributed by atoms with Crippen molar-refractivity contribution in [2.24, 2.45) is 7.05 Å². The van der Waals surface area contributed by atoms with E-state index in [-0.39, 0.29) is 5.91 Å². The summed E-state index contributed by atoms with van der Waals surface area (Å²) in [6, 6.07) is 16.0. The van der Waals surface area contributed by atoms with E-state index in [2.05, 4.69) is 44.0 Å². The highest BCUT2D eigenvalue weighted by molar-refractivity contribution is 5.93. The Balaban J connectivity index is 1.20. The first-order valence-electron chi connectivity index (χ1n) is 12.5. The summed E-state index contributed by atoms with van der Waals surface area (Å²) in [4.78, 5) is 22.2. The molecule has 2 fully saturated rings. The van der Waals surface area contributed by atoms with Crippen molar-refractivity contribution >= 4 is 17.4 Å². The molecular weight excluding hydrogens is 452 g/mol. The third-order valence-electron chi connectivity index (χ3n) is 7.44. The number of carbonyl (C=O) groups excluding carboxylic acids is 1. The first kappa shape index (κ1) is 23.8. The third-order valence-corrected chi connectivity index (χ3v) is 7.44. The van der Waals surface area contributed by atoms with E-state index in [1.54, 1.807) is 6.20 Å². The summed E-state index contributed by atoms with van der Waals surface area (Å²) in [5, 5.41) is 17.6. The molecule has 0 spiro atoms. The Morgan fingerprint density at radius 3 is 2.39 bits per heavy atom. The lowest BCUT2D eigenvalue weighted by molar-refractivity contribution is 0.0736. The number of benzene rings is 1. The van der Waals surface area contributed by atoms with Crippen LogP contribution in [-0.4, -0.2) is 82.8 Å². The van der Waals surface area contributed by atoms with Crippen LogP contribution in [0.4, 0.5) is 11.5 Å². The van der Waals surface area contributed by atoms with Crippen LogP contribution < -0.4 is 9.80 Å². The van der Waals surface area contributed by atoms with Crippen molar-refractivity contribution in [3.8, 4) is 6.07 Å². The number of para-hydroxylation sites is 1. The fraction of sp³-hybridized carbons (Fsp3) is 0.407. The molecule has 0 saturated carbocycles. The minimum atomic E-state index is 0.0866. The van der Waals surface area contributed by atoms with Gasteiger partial charge in [0.1, 0.15) is 11.8 Å². The number of piperazine rings is 2. The Hall–Kier alpha value is -3.90. The molecule has 9 nitrogen and oxygen atoms in total. The van der Waals surface area contributed by atoms with Gasteiger partial charge in [0, 0.05) is 77.8 Å². The fourth-order valence-electron chi connectivity index (χ4n) is 5.12. The van der Waals surface area contributed by atoms with Crippen molar-refractivity contribution in [1.29, 1.82) is 5.26 Å². The molecule has 2 saturated heterocycles. The number of nitriles is 1. The Bertz CT molecular complexity index is 1250. The van der Waals surface area contributed by atoms with Crippen LogP contribution >= 0.6 is 0 Å². The molecule has 2 aliphatic heterocycles. The quantitative estimate of drug-likeness (QED) is 0.549. The standard InChI is InChI=1S/C27H32N8O/c1-21-23(20-32-10-12-33(13-11-32)24-7-4-3-6-22(24)19-28)18-25(31(21)2)27(36)35-16-14-34(15-17-35)26-8-5-9-29-30-26/h3-9,18H,10-17,20H2,1-2H3. The summed E-state index contributed by atoms with van der Waals surface area (Å²) in [5.74, 6) is 0.946. The number of nitrogens with zero attached hydrogens (tertiary/aromatic N) is 8. The van der Waals surface area contributed by atoms with Gasteiger partial charge >= 0.3 is 0 Å². The predicted molar refractivity (Wildman–Crippen MR) is 139 cm³/mol. The minimum absolute atomic E-state index is 0.0866. The topological polar surface area (TPSA) is 84.5 Å². The molecule has 36 heavy (non-hydrogen) atoms.